The van der Waals surface area contributed by atoms with E-state index in [1.807, 2.05) is 0 Å². The Morgan fingerprint density at radius 3 is 2.76 bits per heavy atom. The van der Waals surface area contributed by atoms with Crippen LogP contribution in [0.1, 0.15) is 68.8 Å². The summed E-state index contributed by atoms with van der Waals surface area (Å²) in [5, 5.41) is 36.2. The first-order valence-electron chi connectivity index (χ1n) is 13.3. The summed E-state index contributed by atoms with van der Waals surface area (Å²) >= 11 is 6.70. The van der Waals surface area contributed by atoms with Gasteiger partial charge in [0.05, 0.1) is 47.5 Å². The number of nitriles is 1. The van der Waals surface area contributed by atoms with Gasteiger partial charge in [0.25, 0.3) is 0 Å². The second kappa shape index (κ2) is 10.2. The van der Waals surface area contributed by atoms with Crippen molar-refractivity contribution in [3.8, 4) is 6.07 Å². The number of rotatable bonds is 7. The second-order valence-corrected chi connectivity index (χ2v) is 10.4. The summed E-state index contributed by atoms with van der Waals surface area (Å²) in [5.41, 5.74) is 2.79. The van der Waals surface area contributed by atoms with Gasteiger partial charge in [-0.3, -0.25) is 4.98 Å². The molecule has 2 aliphatic rings. The lowest BCUT2D eigenvalue weighted by Gasteiger charge is -2.28. The van der Waals surface area contributed by atoms with Crippen molar-refractivity contribution in [2.24, 2.45) is 0 Å². The Balaban J connectivity index is 1.44. The fourth-order valence-corrected chi connectivity index (χ4v) is 5.29. The molecule has 194 valence electrons. The van der Waals surface area contributed by atoms with Crippen LogP contribution in [0.5, 0.6) is 0 Å². The number of anilines is 2. The van der Waals surface area contributed by atoms with E-state index in [4.69, 9.17) is 11.6 Å². The van der Waals surface area contributed by atoms with E-state index in [1.54, 1.807) is 35.1 Å². The molecule has 0 radical (unpaired) electrons. The Labute approximate surface area is 225 Å². The minimum atomic E-state index is -1.61. The van der Waals surface area contributed by atoms with E-state index in [0.717, 1.165) is 32.1 Å². The van der Waals surface area contributed by atoms with Crippen molar-refractivity contribution in [1.29, 1.82) is 5.26 Å². The van der Waals surface area contributed by atoms with E-state index in [-0.39, 0.29) is 18.2 Å². The Morgan fingerprint density at radius 1 is 1.21 bits per heavy atom. The molecule has 4 aromatic rings. The second-order valence-electron chi connectivity index (χ2n) is 10.00. The summed E-state index contributed by atoms with van der Waals surface area (Å²) in [5.74, 6) is -0.407. The van der Waals surface area contributed by atoms with E-state index in [2.05, 4.69) is 32.0 Å². The molecule has 2 aromatic carbocycles. The number of aliphatic hydroxyl groups is 1. The van der Waals surface area contributed by atoms with Crippen molar-refractivity contribution >= 4 is 33.9 Å². The van der Waals surface area contributed by atoms with Gasteiger partial charge in [-0.05, 0) is 68.4 Å². The number of hydrogen-bond acceptors (Lipinski definition) is 7. The molecule has 0 spiro atoms. The average Bonchev–Trinajstić information content (AvgIpc) is 3.65. The molecule has 0 amide bonds. The van der Waals surface area contributed by atoms with Gasteiger partial charge in [0.1, 0.15) is 17.6 Å². The van der Waals surface area contributed by atoms with Gasteiger partial charge in [-0.15, -0.1) is 5.10 Å². The first kappa shape index (κ1) is 23.4. The zero-order valence-electron chi connectivity index (χ0n) is 21.5. The summed E-state index contributed by atoms with van der Waals surface area (Å²) in [6.45, 7) is 0. The van der Waals surface area contributed by atoms with Gasteiger partial charge in [0.15, 0.2) is 0 Å². The molecule has 2 heterocycles. The van der Waals surface area contributed by atoms with Crippen molar-refractivity contribution in [3.05, 3.63) is 76.5 Å². The monoisotopic (exact) mass is 532 g/mol. The third-order valence-electron chi connectivity index (χ3n) is 7.13. The minimum absolute atomic E-state index is 0.00575. The Kier molecular flexibility index (Phi) is 6.27. The molecule has 8 nitrogen and oxygen atoms in total. The van der Waals surface area contributed by atoms with Crippen molar-refractivity contribution in [1.82, 2.24) is 20.0 Å². The number of benzene rings is 2. The van der Waals surface area contributed by atoms with Gasteiger partial charge in [0.2, 0.25) is 0 Å². The molecule has 6 rings (SSSR count). The molecular weight excluding hydrogens is 505 g/mol. The smallest absolute Gasteiger partial charge is 0.123 e. The lowest BCUT2D eigenvalue weighted by Crippen LogP contribution is -2.30. The maximum absolute atomic E-state index is 13.8. The van der Waals surface area contributed by atoms with Crippen LogP contribution in [-0.2, 0) is 0 Å². The highest BCUT2D eigenvalue weighted by Gasteiger charge is 2.27. The molecule has 0 bridgehead atoms. The van der Waals surface area contributed by atoms with E-state index < -0.39 is 11.8 Å². The predicted molar refractivity (Wildman–Crippen MR) is 144 cm³/mol. The third-order valence-corrected chi connectivity index (χ3v) is 7.42. The van der Waals surface area contributed by atoms with Crippen molar-refractivity contribution < 1.29 is 10.9 Å². The van der Waals surface area contributed by atoms with Crippen LogP contribution in [-0.4, -0.2) is 37.2 Å². The zero-order chi connectivity index (χ0) is 27.1. The maximum Gasteiger partial charge on any atom is 0.123 e. The number of nitrogens with one attached hydrogen (secondary N) is 2. The lowest BCUT2D eigenvalue weighted by molar-refractivity contribution is 0.124. The Bertz CT molecular complexity index is 1570. The van der Waals surface area contributed by atoms with Gasteiger partial charge in [-0.2, -0.15) is 5.26 Å². The summed E-state index contributed by atoms with van der Waals surface area (Å²) < 4.78 is 25.1. The van der Waals surface area contributed by atoms with Crippen LogP contribution >= 0.6 is 11.6 Å². The van der Waals surface area contributed by atoms with Crippen molar-refractivity contribution in [3.63, 3.8) is 0 Å². The SMILES string of the molecule is [2H][C@@](Nc1cc(Cl)c2ncc(C#N)c(N[C@H]3CCC[C@@H](O)C3)c2c1)(c1ccc(F)cc1)c1cn(C2CC2)nn1. The molecule has 0 saturated heterocycles. The van der Waals surface area contributed by atoms with Crippen LogP contribution in [0.3, 0.4) is 0 Å². The van der Waals surface area contributed by atoms with E-state index in [1.165, 1.54) is 18.3 Å². The fraction of sp³-hybridized carbons (Fsp3) is 0.357. The van der Waals surface area contributed by atoms with Gasteiger partial charge in [0, 0.05) is 23.3 Å². The third kappa shape index (κ3) is 5.02. The highest BCUT2D eigenvalue weighted by molar-refractivity contribution is 6.35. The van der Waals surface area contributed by atoms with E-state index >= 15 is 0 Å². The molecule has 10 heteroatoms. The average molecular weight is 533 g/mol. The van der Waals surface area contributed by atoms with Crippen LogP contribution in [0.2, 0.25) is 5.02 Å². The fourth-order valence-electron chi connectivity index (χ4n) is 5.03. The Hall–Kier alpha value is -3.74. The van der Waals surface area contributed by atoms with Gasteiger partial charge in [-0.1, -0.05) is 28.9 Å². The largest absolute Gasteiger partial charge is 0.393 e. The van der Waals surface area contributed by atoms with Crippen molar-refractivity contribution in [2.45, 2.75) is 62.7 Å². The highest BCUT2D eigenvalue weighted by Crippen LogP contribution is 2.38. The highest BCUT2D eigenvalue weighted by atomic mass is 35.5. The summed E-state index contributed by atoms with van der Waals surface area (Å²) in [6, 6.07) is 10.1. The lowest BCUT2D eigenvalue weighted by atomic mass is 9.92. The molecule has 2 aliphatic carbocycles. The molecule has 0 unspecified atom stereocenters. The first-order valence-corrected chi connectivity index (χ1v) is 13.2. The zero-order valence-corrected chi connectivity index (χ0v) is 21.3. The normalized spacial score (nSPS) is 21.4. The summed E-state index contributed by atoms with van der Waals surface area (Å²) in [7, 11) is 0. The topological polar surface area (TPSA) is 112 Å². The molecule has 2 aromatic heterocycles. The van der Waals surface area contributed by atoms with Crippen LogP contribution in [0.4, 0.5) is 15.8 Å². The molecule has 0 aliphatic heterocycles. The van der Waals surface area contributed by atoms with Gasteiger partial charge in [-0.25, -0.2) is 9.07 Å². The Morgan fingerprint density at radius 2 is 2.03 bits per heavy atom. The number of hydrogen-bond donors (Lipinski definition) is 3. The number of aromatic nitrogens is 4. The number of aliphatic hydroxyl groups excluding tert-OH is 1. The minimum Gasteiger partial charge on any atom is -0.393 e. The summed E-state index contributed by atoms with van der Waals surface area (Å²) in [4.78, 5) is 4.43. The quantitative estimate of drug-likeness (QED) is 0.278. The molecule has 2 saturated carbocycles. The molecular formula is C28H27ClFN7O. The predicted octanol–water partition coefficient (Wildman–Crippen LogP) is 5.74. The van der Waals surface area contributed by atoms with E-state index in [0.29, 0.717) is 50.5 Å². The van der Waals surface area contributed by atoms with Crippen LogP contribution in [0.25, 0.3) is 10.9 Å². The van der Waals surface area contributed by atoms with Crippen LogP contribution in [0, 0.1) is 17.1 Å². The molecule has 3 N–H and O–H groups in total. The maximum atomic E-state index is 13.8. The van der Waals surface area contributed by atoms with Gasteiger partial charge < -0.3 is 15.7 Å². The van der Waals surface area contributed by atoms with Crippen LogP contribution < -0.4 is 10.6 Å². The van der Waals surface area contributed by atoms with Gasteiger partial charge >= 0.3 is 0 Å². The molecule has 2 fully saturated rings. The number of nitrogens with zero attached hydrogens (tertiary/aromatic N) is 5. The van der Waals surface area contributed by atoms with E-state index in [9.17, 15) is 16.1 Å². The standard InChI is InChI=1S/C28H27ClFN7O/c29-24-12-20(11-23-26(17(13-31)14-32-28(23)24)33-19-2-1-3-22(38)10-19)34-27(16-4-6-18(30)7-5-16)25-15-37(36-35-25)21-8-9-21/h4-7,11-12,14-15,19,21-22,27,34,38H,1-3,8-10H2,(H,32,33)/t19-,22+,27+/m0/s1/i27D. The molecule has 3 atom stereocenters. The number of halogens is 2. The van der Waals surface area contributed by atoms with Crippen LogP contribution in [0.15, 0.2) is 48.8 Å². The number of pyridine rings is 1. The molecule has 38 heavy (non-hydrogen) atoms. The first-order chi connectivity index (χ1) is 18.8. The summed E-state index contributed by atoms with van der Waals surface area (Å²) in [6.07, 6.45) is 7.98. The number of fused-ring (bicyclic) bond motifs is 1. The van der Waals surface area contributed by atoms with Crippen molar-refractivity contribution in [2.75, 3.05) is 10.6 Å².